The lowest BCUT2D eigenvalue weighted by Gasteiger charge is -2.08. The van der Waals surface area contributed by atoms with Crippen molar-refractivity contribution in [1.82, 2.24) is 10.1 Å². The second-order valence-electron chi connectivity index (χ2n) is 6.78. The van der Waals surface area contributed by atoms with E-state index in [1.54, 1.807) is 30.3 Å². The van der Waals surface area contributed by atoms with Gasteiger partial charge in [-0.05, 0) is 56.3 Å². The molecule has 0 aliphatic heterocycles. The first kappa shape index (κ1) is 19.4. The average Bonchev–Trinajstić information content (AvgIpc) is 3.25. The number of ether oxygens (including phenoxy) is 1. The largest absolute Gasteiger partial charge is 0.494 e. The van der Waals surface area contributed by atoms with E-state index in [0.29, 0.717) is 35.3 Å². The Balaban J connectivity index is 1.46. The lowest BCUT2D eigenvalue weighted by molar-refractivity contribution is 0.102. The van der Waals surface area contributed by atoms with Crippen molar-refractivity contribution in [2.45, 2.75) is 13.8 Å². The van der Waals surface area contributed by atoms with Crippen LogP contribution in [0.2, 0.25) is 0 Å². The Kier molecular flexibility index (Phi) is 5.57. The summed E-state index contributed by atoms with van der Waals surface area (Å²) in [6.07, 6.45) is 0. The summed E-state index contributed by atoms with van der Waals surface area (Å²) in [5, 5.41) is 6.94. The van der Waals surface area contributed by atoms with Gasteiger partial charge in [-0.3, -0.25) is 4.79 Å². The van der Waals surface area contributed by atoms with Gasteiger partial charge in [-0.1, -0.05) is 41.1 Å². The molecule has 4 aromatic rings. The minimum atomic E-state index is -0.205. The van der Waals surface area contributed by atoms with Crippen LogP contribution >= 0.6 is 0 Å². The maximum Gasteiger partial charge on any atom is 0.258 e. The minimum Gasteiger partial charge on any atom is -0.494 e. The number of benzene rings is 3. The molecular formula is C24H21N3O3. The highest BCUT2D eigenvalue weighted by Crippen LogP contribution is 2.24. The number of rotatable bonds is 6. The van der Waals surface area contributed by atoms with Gasteiger partial charge < -0.3 is 14.6 Å². The van der Waals surface area contributed by atoms with Crippen LogP contribution in [-0.4, -0.2) is 22.7 Å². The van der Waals surface area contributed by atoms with Crippen molar-refractivity contribution in [3.8, 4) is 28.6 Å². The van der Waals surface area contributed by atoms with Gasteiger partial charge in [0.1, 0.15) is 5.75 Å². The lowest BCUT2D eigenvalue weighted by atomic mass is 10.1. The Morgan fingerprint density at radius 3 is 2.47 bits per heavy atom. The average molecular weight is 399 g/mol. The molecule has 4 rings (SSSR count). The highest BCUT2D eigenvalue weighted by molar-refractivity contribution is 6.04. The van der Waals surface area contributed by atoms with E-state index in [1.807, 2.05) is 56.3 Å². The number of carbonyl (C=O) groups excluding carboxylic acids is 1. The number of amides is 1. The zero-order chi connectivity index (χ0) is 20.9. The van der Waals surface area contributed by atoms with Crippen LogP contribution in [0.4, 0.5) is 5.69 Å². The Morgan fingerprint density at radius 1 is 1.00 bits per heavy atom. The Hall–Kier alpha value is -3.93. The number of aryl methyl sites for hydroxylation is 1. The standard InChI is InChI=1S/C24H21N3O3/c1-3-29-21-6-4-5-19(15-21)23(28)25-20-13-11-18(12-14-20)24-26-22(27-30-24)17-9-7-16(2)8-10-17/h4-15H,3H2,1-2H3,(H,25,28). The third kappa shape index (κ3) is 4.38. The molecule has 3 aromatic carbocycles. The van der Waals surface area contributed by atoms with Crippen molar-refractivity contribution in [3.05, 3.63) is 83.9 Å². The fourth-order valence-corrected chi connectivity index (χ4v) is 2.95. The van der Waals surface area contributed by atoms with Gasteiger partial charge >= 0.3 is 0 Å². The van der Waals surface area contributed by atoms with E-state index in [2.05, 4.69) is 15.5 Å². The van der Waals surface area contributed by atoms with Gasteiger partial charge in [0.2, 0.25) is 5.82 Å². The third-order valence-corrected chi connectivity index (χ3v) is 4.53. The highest BCUT2D eigenvalue weighted by atomic mass is 16.5. The van der Waals surface area contributed by atoms with E-state index < -0.39 is 0 Å². The van der Waals surface area contributed by atoms with Gasteiger partial charge in [0, 0.05) is 22.4 Å². The van der Waals surface area contributed by atoms with E-state index in [1.165, 1.54) is 5.56 Å². The molecule has 6 nitrogen and oxygen atoms in total. The topological polar surface area (TPSA) is 77.2 Å². The van der Waals surface area contributed by atoms with Crippen LogP contribution in [0, 0.1) is 6.92 Å². The van der Waals surface area contributed by atoms with E-state index in [0.717, 1.165) is 11.1 Å². The predicted octanol–water partition coefficient (Wildman–Crippen LogP) is 5.36. The number of carbonyl (C=O) groups is 1. The van der Waals surface area contributed by atoms with Crippen molar-refractivity contribution >= 4 is 11.6 Å². The minimum absolute atomic E-state index is 0.205. The monoisotopic (exact) mass is 399 g/mol. The number of hydrogen-bond donors (Lipinski definition) is 1. The van der Waals surface area contributed by atoms with Crippen molar-refractivity contribution in [2.75, 3.05) is 11.9 Å². The van der Waals surface area contributed by atoms with Crippen LogP contribution in [0.1, 0.15) is 22.8 Å². The number of hydrogen-bond acceptors (Lipinski definition) is 5. The van der Waals surface area contributed by atoms with Crippen LogP contribution in [-0.2, 0) is 0 Å². The molecular weight excluding hydrogens is 378 g/mol. The maximum absolute atomic E-state index is 12.5. The summed E-state index contributed by atoms with van der Waals surface area (Å²) in [6, 6.07) is 22.3. The van der Waals surface area contributed by atoms with Crippen molar-refractivity contribution < 1.29 is 14.1 Å². The third-order valence-electron chi connectivity index (χ3n) is 4.53. The number of aromatic nitrogens is 2. The van der Waals surface area contributed by atoms with E-state index in [9.17, 15) is 4.79 Å². The molecule has 0 spiro atoms. The molecule has 0 saturated heterocycles. The molecule has 30 heavy (non-hydrogen) atoms. The molecule has 0 atom stereocenters. The fraction of sp³-hybridized carbons (Fsp3) is 0.125. The van der Waals surface area contributed by atoms with Crippen molar-refractivity contribution in [1.29, 1.82) is 0 Å². The summed E-state index contributed by atoms with van der Waals surface area (Å²) >= 11 is 0. The number of anilines is 1. The second kappa shape index (κ2) is 8.61. The molecule has 6 heteroatoms. The molecule has 1 heterocycles. The molecule has 0 unspecified atom stereocenters. The lowest BCUT2D eigenvalue weighted by Crippen LogP contribution is -2.11. The van der Waals surface area contributed by atoms with Crippen LogP contribution < -0.4 is 10.1 Å². The van der Waals surface area contributed by atoms with Crippen LogP contribution in [0.15, 0.2) is 77.3 Å². The summed E-state index contributed by atoms with van der Waals surface area (Å²) < 4.78 is 10.8. The smallest absolute Gasteiger partial charge is 0.258 e. The Labute approximate surface area is 174 Å². The molecule has 1 N–H and O–H groups in total. The molecule has 1 amide bonds. The first-order valence-corrected chi connectivity index (χ1v) is 9.68. The van der Waals surface area contributed by atoms with E-state index in [4.69, 9.17) is 9.26 Å². The van der Waals surface area contributed by atoms with Gasteiger partial charge in [0.25, 0.3) is 11.8 Å². The second-order valence-corrected chi connectivity index (χ2v) is 6.78. The molecule has 0 saturated carbocycles. The summed E-state index contributed by atoms with van der Waals surface area (Å²) in [7, 11) is 0. The predicted molar refractivity (Wildman–Crippen MR) is 115 cm³/mol. The Morgan fingerprint density at radius 2 is 1.73 bits per heavy atom. The summed E-state index contributed by atoms with van der Waals surface area (Å²) in [5.41, 5.74) is 4.05. The van der Waals surface area contributed by atoms with E-state index in [-0.39, 0.29) is 5.91 Å². The molecule has 1 aromatic heterocycles. The summed E-state index contributed by atoms with van der Waals surface area (Å²) in [5.74, 6) is 1.43. The first-order valence-electron chi connectivity index (χ1n) is 9.68. The van der Waals surface area contributed by atoms with Gasteiger partial charge in [-0.2, -0.15) is 4.98 Å². The van der Waals surface area contributed by atoms with Crippen LogP contribution in [0.5, 0.6) is 5.75 Å². The van der Waals surface area contributed by atoms with Gasteiger partial charge in [-0.25, -0.2) is 0 Å². The first-order chi connectivity index (χ1) is 14.6. The summed E-state index contributed by atoms with van der Waals surface area (Å²) in [4.78, 5) is 17.0. The van der Waals surface area contributed by atoms with Gasteiger partial charge in [0.15, 0.2) is 0 Å². The molecule has 0 fully saturated rings. The van der Waals surface area contributed by atoms with Crippen molar-refractivity contribution in [3.63, 3.8) is 0 Å². The zero-order valence-corrected chi connectivity index (χ0v) is 16.8. The SMILES string of the molecule is CCOc1cccc(C(=O)Nc2ccc(-c3nc(-c4ccc(C)cc4)no3)cc2)c1. The fourth-order valence-electron chi connectivity index (χ4n) is 2.95. The van der Waals surface area contributed by atoms with Crippen LogP contribution in [0.25, 0.3) is 22.8 Å². The summed E-state index contributed by atoms with van der Waals surface area (Å²) in [6.45, 7) is 4.48. The molecule has 0 aliphatic carbocycles. The van der Waals surface area contributed by atoms with Crippen LogP contribution in [0.3, 0.4) is 0 Å². The molecule has 0 bridgehead atoms. The Bertz CT molecular complexity index is 1150. The van der Waals surface area contributed by atoms with Crippen molar-refractivity contribution in [2.24, 2.45) is 0 Å². The van der Waals surface area contributed by atoms with E-state index >= 15 is 0 Å². The van der Waals surface area contributed by atoms with Gasteiger partial charge in [0.05, 0.1) is 6.61 Å². The maximum atomic E-state index is 12.5. The molecule has 150 valence electrons. The zero-order valence-electron chi connectivity index (χ0n) is 16.8. The van der Waals surface area contributed by atoms with Gasteiger partial charge in [-0.15, -0.1) is 0 Å². The highest BCUT2D eigenvalue weighted by Gasteiger charge is 2.12. The normalized spacial score (nSPS) is 10.6. The quantitative estimate of drug-likeness (QED) is 0.472. The molecule has 0 radical (unpaired) electrons. The number of nitrogens with zero attached hydrogens (tertiary/aromatic N) is 2. The molecule has 0 aliphatic rings. The number of nitrogens with one attached hydrogen (secondary N) is 1.